The molecule has 0 atom stereocenters. The Balaban J connectivity index is 2.27. The molecule has 1 saturated carbocycles. The van der Waals surface area contributed by atoms with Gasteiger partial charge in [0.25, 0.3) is 5.92 Å². The molecule has 0 unspecified atom stereocenters. The molecule has 4 heteroatoms. The Bertz CT molecular complexity index is 193. The number of carbonyl (C=O) groups excluding carboxylic acids is 1. The first-order valence-corrected chi connectivity index (χ1v) is 5.03. The van der Waals surface area contributed by atoms with Crippen molar-refractivity contribution in [3.63, 3.8) is 0 Å². The van der Waals surface area contributed by atoms with Crippen LogP contribution in [-0.4, -0.2) is 18.5 Å². The normalized spacial score (nSPS) is 19.4. The maximum atomic E-state index is 12.4. The topological polar surface area (TPSA) is 26.3 Å². The summed E-state index contributed by atoms with van der Waals surface area (Å²) in [5.41, 5.74) is 0. The van der Waals surface area contributed by atoms with Gasteiger partial charge in [0.1, 0.15) is 0 Å². The molecule has 1 rings (SSSR count). The minimum absolute atomic E-state index is 0.147. The molecule has 0 aromatic rings. The zero-order valence-electron chi connectivity index (χ0n) is 8.39. The van der Waals surface area contributed by atoms with E-state index in [-0.39, 0.29) is 5.92 Å². The van der Waals surface area contributed by atoms with Crippen LogP contribution in [0.15, 0.2) is 0 Å². The summed E-state index contributed by atoms with van der Waals surface area (Å²) in [5, 5.41) is 0. The van der Waals surface area contributed by atoms with Gasteiger partial charge in [-0.05, 0) is 12.8 Å². The Kier molecular flexibility index (Phi) is 3.84. The van der Waals surface area contributed by atoms with E-state index in [2.05, 4.69) is 4.74 Å². The molecular formula is C10H16F2O2. The average Bonchev–Trinajstić information content (AvgIpc) is 2.14. The molecule has 1 aliphatic rings. The maximum Gasteiger partial charge on any atom is 0.309 e. The number of esters is 1. The van der Waals surface area contributed by atoms with Crippen molar-refractivity contribution in [3.05, 3.63) is 0 Å². The van der Waals surface area contributed by atoms with Crippen LogP contribution in [0.5, 0.6) is 0 Å². The molecule has 0 saturated heterocycles. The predicted molar refractivity (Wildman–Crippen MR) is 48.2 cm³/mol. The zero-order valence-corrected chi connectivity index (χ0v) is 8.39. The fourth-order valence-electron chi connectivity index (χ4n) is 1.65. The Morgan fingerprint density at radius 1 is 1.36 bits per heavy atom. The van der Waals surface area contributed by atoms with Gasteiger partial charge in [0, 0.05) is 6.92 Å². The molecule has 0 aliphatic heterocycles. The van der Waals surface area contributed by atoms with Crippen LogP contribution in [0.25, 0.3) is 0 Å². The molecule has 82 valence electrons. The van der Waals surface area contributed by atoms with E-state index in [1.165, 1.54) is 0 Å². The van der Waals surface area contributed by atoms with Crippen molar-refractivity contribution < 1.29 is 18.3 Å². The van der Waals surface area contributed by atoms with Crippen molar-refractivity contribution in [1.29, 1.82) is 0 Å². The van der Waals surface area contributed by atoms with E-state index in [0.29, 0.717) is 0 Å². The van der Waals surface area contributed by atoms with E-state index in [4.69, 9.17) is 0 Å². The minimum Gasteiger partial charge on any atom is -0.459 e. The molecule has 1 fully saturated rings. The summed E-state index contributed by atoms with van der Waals surface area (Å²) >= 11 is 0. The summed E-state index contributed by atoms with van der Waals surface area (Å²) in [5.74, 6) is -3.51. The molecule has 0 bridgehead atoms. The second-order valence-electron chi connectivity index (χ2n) is 4.01. The molecular weight excluding hydrogens is 190 g/mol. The number of alkyl halides is 2. The zero-order chi connectivity index (χ0) is 10.6. The van der Waals surface area contributed by atoms with Crippen LogP contribution >= 0.6 is 0 Å². The third-order valence-electron chi connectivity index (χ3n) is 2.41. The molecule has 1 aliphatic carbocycles. The van der Waals surface area contributed by atoms with Gasteiger partial charge in [-0.15, -0.1) is 0 Å². The van der Waals surface area contributed by atoms with Crippen LogP contribution in [0.3, 0.4) is 0 Å². The highest BCUT2D eigenvalue weighted by Gasteiger charge is 2.27. The molecule has 0 amide bonds. The summed E-state index contributed by atoms with van der Waals surface area (Å²) in [7, 11) is 0. The highest BCUT2D eigenvalue weighted by Crippen LogP contribution is 2.25. The third-order valence-corrected chi connectivity index (χ3v) is 2.41. The number of halogens is 2. The lowest BCUT2D eigenvalue weighted by Gasteiger charge is -2.20. The van der Waals surface area contributed by atoms with E-state index in [1.807, 2.05) is 0 Å². The van der Waals surface area contributed by atoms with E-state index in [9.17, 15) is 13.6 Å². The van der Waals surface area contributed by atoms with E-state index < -0.39 is 18.5 Å². The van der Waals surface area contributed by atoms with Crippen LogP contribution in [0.2, 0.25) is 0 Å². The van der Waals surface area contributed by atoms with Crippen molar-refractivity contribution in [2.45, 2.75) is 45.0 Å². The number of hydrogen-bond donors (Lipinski definition) is 0. The third kappa shape index (κ3) is 4.03. The smallest absolute Gasteiger partial charge is 0.309 e. The first-order chi connectivity index (χ1) is 6.49. The van der Waals surface area contributed by atoms with Crippen LogP contribution in [0, 0.1) is 5.92 Å². The van der Waals surface area contributed by atoms with Gasteiger partial charge >= 0.3 is 5.97 Å². The molecule has 0 aromatic heterocycles. The first kappa shape index (κ1) is 11.4. The Morgan fingerprint density at radius 2 is 1.93 bits per heavy atom. The van der Waals surface area contributed by atoms with Gasteiger partial charge in [-0.1, -0.05) is 19.3 Å². The monoisotopic (exact) mass is 206 g/mol. The summed E-state index contributed by atoms with van der Waals surface area (Å²) < 4.78 is 29.3. The van der Waals surface area contributed by atoms with Crippen LogP contribution in [0.4, 0.5) is 8.78 Å². The van der Waals surface area contributed by atoms with Crippen LogP contribution in [0.1, 0.15) is 39.0 Å². The van der Waals surface area contributed by atoms with Gasteiger partial charge < -0.3 is 4.74 Å². The van der Waals surface area contributed by atoms with Crippen molar-refractivity contribution in [2.24, 2.45) is 5.92 Å². The van der Waals surface area contributed by atoms with E-state index in [0.717, 1.165) is 39.0 Å². The molecule has 0 radical (unpaired) electrons. The highest BCUT2D eigenvalue weighted by molar-refractivity contribution is 5.72. The van der Waals surface area contributed by atoms with Gasteiger partial charge in [0.15, 0.2) is 6.61 Å². The summed E-state index contributed by atoms with van der Waals surface area (Å²) in [4.78, 5) is 11.3. The summed E-state index contributed by atoms with van der Waals surface area (Å²) in [6.45, 7) is -0.0382. The molecule has 14 heavy (non-hydrogen) atoms. The van der Waals surface area contributed by atoms with Crippen LogP contribution in [-0.2, 0) is 9.53 Å². The lowest BCUT2D eigenvalue weighted by Crippen LogP contribution is -2.26. The Labute approximate surface area is 82.6 Å². The van der Waals surface area contributed by atoms with E-state index in [1.54, 1.807) is 0 Å². The lowest BCUT2D eigenvalue weighted by atomic mass is 9.89. The minimum atomic E-state index is -2.91. The highest BCUT2D eigenvalue weighted by atomic mass is 19.3. The van der Waals surface area contributed by atoms with Crippen molar-refractivity contribution in [1.82, 2.24) is 0 Å². The van der Waals surface area contributed by atoms with Crippen molar-refractivity contribution in [3.8, 4) is 0 Å². The molecule has 0 spiro atoms. The van der Waals surface area contributed by atoms with Gasteiger partial charge in [0.05, 0.1) is 5.92 Å². The Morgan fingerprint density at radius 3 is 2.43 bits per heavy atom. The number of carbonyl (C=O) groups is 1. The molecule has 2 nitrogen and oxygen atoms in total. The largest absolute Gasteiger partial charge is 0.459 e. The fourth-order valence-corrected chi connectivity index (χ4v) is 1.65. The molecule has 0 aromatic carbocycles. The van der Waals surface area contributed by atoms with Crippen molar-refractivity contribution >= 4 is 5.97 Å². The van der Waals surface area contributed by atoms with Gasteiger partial charge in [-0.3, -0.25) is 4.79 Å². The molecule has 0 heterocycles. The summed E-state index contributed by atoms with van der Waals surface area (Å²) in [6, 6.07) is 0. The van der Waals surface area contributed by atoms with Gasteiger partial charge in [-0.2, -0.15) is 0 Å². The summed E-state index contributed by atoms with van der Waals surface area (Å²) in [6.07, 6.45) is 4.71. The number of ether oxygens (including phenoxy) is 1. The number of rotatable bonds is 3. The van der Waals surface area contributed by atoms with E-state index >= 15 is 0 Å². The first-order valence-electron chi connectivity index (χ1n) is 5.03. The van der Waals surface area contributed by atoms with Gasteiger partial charge in [-0.25, -0.2) is 8.78 Å². The quantitative estimate of drug-likeness (QED) is 0.664. The maximum absolute atomic E-state index is 12.4. The van der Waals surface area contributed by atoms with Crippen molar-refractivity contribution in [2.75, 3.05) is 6.61 Å². The standard InChI is InChI=1S/C10H16F2O2/c1-10(11,12)7-14-9(13)8-5-3-2-4-6-8/h8H,2-7H2,1H3. The lowest BCUT2D eigenvalue weighted by molar-refractivity contribution is -0.159. The SMILES string of the molecule is CC(F)(F)COC(=O)C1CCCCC1. The fraction of sp³-hybridized carbons (Fsp3) is 0.900. The Hall–Kier alpha value is -0.670. The average molecular weight is 206 g/mol. The second kappa shape index (κ2) is 4.71. The predicted octanol–water partition coefficient (Wildman–Crippen LogP) is 2.77. The molecule has 0 N–H and O–H groups in total. The van der Waals surface area contributed by atoms with Gasteiger partial charge in [0.2, 0.25) is 0 Å². The number of hydrogen-bond acceptors (Lipinski definition) is 2. The second-order valence-corrected chi connectivity index (χ2v) is 4.01. The van der Waals surface area contributed by atoms with Crippen LogP contribution < -0.4 is 0 Å².